The van der Waals surface area contributed by atoms with Crippen LogP contribution in [-0.4, -0.2) is 32.4 Å². The number of nitrogens with one attached hydrogen (secondary N) is 1. The minimum Gasteiger partial charge on any atom is -0.352 e. The van der Waals surface area contributed by atoms with E-state index in [9.17, 15) is 13.2 Å². The SMILES string of the molecule is CS(=O)(=O)CC(=O)NC1CCCCC1. The summed E-state index contributed by atoms with van der Waals surface area (Å²) in [5.74, 6) is -0.747. The molecule has 1 rings (SSSR count). The van der Waals surface area contributed by atoms with Crippen LogP contribution >= 0.6 is 0 Å². The molecule has 0 aromatic heterocycles. The predicted octanol–water partition coefficient (Wildman–Crippen LogP) is 0.480. The van der Waals surface area contributed by atoms with E-state index in [0.717, 1.165) is 31.9 Å². The fourth-order valence-corrected chi connectivity index (χ4v) is 2.31. The molecule has 1 aliphatic rings. The summed E-state index contributed by atoms with van der Waals surface area (Å²) >= 11 is 0. The number of hydrogen-bond acceptors (Lipinski definition) is 3. The molecular formula is C9H17NO3S. The Bertz CT molecular complexity index is 291. The first-order valence-electron chi connectivity index (χ1n) is 4.94. The van der Waals surface area contributed by atoms with E-state index in [-0.39, 0.29) is 17.7 Å². The smallest absolute Gasteiger partial charge is 0.235 e. The van der Waals surface area contributed by atoms with Gasteiger partial charge in [0.1, 0.15) is 5.75 Å². The van der Waals surface area contributed by atoms with Crippen molar-refractivity contribution in [3.63, 3.8) is 0 Å². The van der Waals surface area contributed by atoms with Gasteiger partial charge in [0.15, 0.2) is 9.84 Å². The molecule has 1 fully saturated rings. The van der Waals surface area contributed by atoms with Gasteiger partial charge in [-0.05, 0) is 12.8 Å². The number of rotatable bonds is 3. The Morgan fingerprint density at radius 3 is 2.36 bits per heavy atom. The zero-order valence-electron chi connectivity index (χ0n) is 8.45. The fourth-order valence-electron chi connectivity index (χ4n) is 1.75. The molecule has 1 N–H and O–H groups in total. The lowest BCUT2D eigenvalue weighted by Crippen LogP contribution is -2.39. The second kappa shape index (κ2) is 4.77. The molecule has 4 nitrogen and oxygen atoms in total. The molecule has 0 spiro atoms. The van der Waals surface area contributed by atoms with Crippen molar-refractivity contribution in [3.8, 4) is 0 Å². The second-order valence-corrected chi connectivity index (χ2v) is 6.11. The minimum absolute atomic E-state index is 0.193. The van der Waals surface area contributed by atoms with Crippen LogP contribution in [0.5, 0.6) is 0 Å². The first-order valence-corrected chi connectivity index (χ1v) is 7.00. The summed E-state index contributed by atoms with van der Waals surface area (Å²) in [7, 11) is -3.19. The number of amides is 1. The van der Waals surface area contributed by atoms with Crippen molar-refractivity contribution in [2.24, 2.45) is 0 Å². The number of carbonyl (C=O) groups excluding carboxylic acids is 1. The molecule has 0 radical (unpaired) electrons. The number of sulfone groups is 1. The van der Waals surface area contributed by atoms with Crippen LogP contribution in [0.4, 0.5) is 0 Å². The van der Waals surface area contributed by atoms with Crippen LogP contribution in [0, 0.1) is 0 Å². The third-order valence-electron chi connectivity index (χ3n) is 2.36. The predicted molar refractivity (Wildman–Crippen MR) is 54.7 cm³/mol. The Balaban J connectivity index is 2.32. The molecule has 5 heteroatoms. The lowest BCUT2D eigenvalue weighted by Gasteiger charge is -2.22. The average Bonchev–Trinajstić information content (AvgIpc) is 2.02. The highest BCUT2D eigenvalue weighted by atomic mass is 32.2. The minimum atomic E-state index is -3.19. The zero-order valence-corrected chi connectivity index (χ0v) is 9.27. The van der Waals surface area contributed by atoms with E-state index in [1.54, 1.807) is 0 Å². The molecule has 1 amide bonds. The van der Waals surface area contributed by atoms with Gasteiger partial charge in [-0.2, -0.15) is 0 Å². The summed E-state index contributed by atoms with van der Waals surface area (Å²) in [6.07, 6.45) is 6.52. The summed E-state index contributed by atoms with van der Waals surface area (Å²) < 4.78 is 21.6. The van der Waals surface area contributed by atoms with Crippen LogP contribution < -0.4 is 5.32 Å². The van der Waals surface area contributed by atoms with E-state index in [1.165, 1.54) is 6.42 Å². The van der Waals surface area contributed by atoms with E-state index < -0.39 is 9.84 Å². The summed E-state index contributed by atoms with van der Waals surface area (Å²) in [5.41, 5.74) is 0. The molecule has 0 bridgehead atoms. The van der Waals surface area contributed by atoms with Gasteiger partial charge < -0.3 is 5.32 Å². The van der Waals surface area contributed by atoms with E-state index in [2.05, 4.69) is 5.32 Å². The molecule has 1 aliphatic carbocycles. The molecule has 0 heterocycles. The van der Waals surface area contributed by atoms with Gasteiger partial charge in [0.25, 0.3) is 0 Å². The summed E-state index contributed by atoms with van der Waals surface area (Å²) in [5, 5.41) is 2.76. The maximum atomic E-state index is 11.2. The standard InChI is InChI=1S/C9H17NO3S/c1-14(12,13)7-9(11)10-8-5-3-2-4-6-8/h8H,2-7H2,1H3,(H,10,11). The van der Waals surface area contributed by atoms with Crippen LogP contribution in [-0.2, 0) is 14.6 Å². The summed E-state index contributed by atoms with van der Waals surface area (Å²) in [6, 6.07) is 0.193. The van der Waals surface area contributed by atoms with Crippen molar-refractivity contribution in [2.75, 3.05) is 12.0 Å². The van der Waals surface area contributed by atoms with Crippen molar-refractivity contribution in [2.45, 2.75) is 38.1 Å². The summed E-state index contributed by atoms with van der Waals surface area (Å²) in [4.78, 5) is 11.2. The lowest BCUT2D eigenvalue weighted by molar-refractivity contribution is -0.119. The lowest BCUT2D eigenvalue weighted by atomic mass is 9.95. The first-order chi connectivity index (χ1) is 6.47. The molecule has 0 atom stereocenters. The Kier molecular flexibility index (Phi) is 3.92. The van der Waals surface area contributed by atoms with Crippen molar-refractivity contribution < 1.29 is 13.2 Å². The first kappa shape index (κ1) is 11.5. The fraction of sp³-hybridized carbons (Fsp3) is 0.889. The third kappa shape index (κ3) is 4.60. The van der Waals surface area contributed by atoms with Gasteiger partial charge in [-0.15, -0.1) is 0 Å². The van der Waals surface area contributed by atoms with Gasteiger partial charge in [0.2, 0.25) is 5.91 Å². The van der Waals surface area contributed by atoms with Gasteiger partial charge >= 0.3 is 0 Å². The molecule has 14 heavy (non-hydrogen) atoms. The highest BCUT2D eigenvalue weighted by molar-refractivity contribution is 7.91. The number of carbonyl (C=O) groups is 1. The number of hydrogen-bond donors (Lipinski definition) is 1. The quantitative estimate of drug-likeness (QED) is 0.751. The Morgan fingerprint density at radius 1 is 1.29 bits per heavy atom. The van der Waals surface area contributed by atoms with Gasteiger partial charge in [-0.3, -0.25) is 4.79 Å². The van der Waals surface area contributed by atoms with Crippen LogP contribution in [0.1, 0.15) is 32.1 Å². The van der Waals surface area contributed by atoms with Crippen LogP contribution in [0.3, 0.4) is 0 Å². The van der Waals surface area contributed by atoms with Crippen molar-refractivity contribution in [1.82, 2.24) is 5.32 Å². The van der Waals surface area contributed by atoms with E-state index in [0.29, 0.717) is 0 Å². The maximum Gasteiger partial charge on any atom is 0.235 e. The van der Waals surface area contributed by atoms with Gasteiger partial charge in [-0.1, -0.05) is 19.3 Å². The molecule has 0 aromatic rings. The molecule has 1 saturated carbocycles. The molecule has 0 saturated heterocycles. The largest absolute Gasteiger partial charge is 0.352 e. The third-order valence-corrected chi connectivity index (χ3v) is 3.15. The second-order valence-electron chi connectivity index (χ2n) is 3.97. The Hall–Kier alpha value is -0.580. The molecule has 0 unspecified atom stereocenters. The van der Waals surface area contributed by atoms with Crippen LogP contribution in [0.2, 0.25) is 0 Å². The van der Waals surface area contributed by atoms with Crippen molar-refractivity contribution >= 4 is 15.7 Å². The molecule has 0 aliphatic heterocycles. The average molecular weight is 219 g/mol. The highest BCUT2D eigenvalue weighted by Gasteiger charge is 2.17. The normalized spacial score (nSPS) is 19.2. The molecule has 0 aromatic carbocycles. The molecule has 82 valence electrons. The molecular weight excluding hydrogens is 202 g/mol. The zero-order chi connectivity index (χ0) is 10.6. The summed E-state index contributed by atoms with van der Waals surface area (Å²) in [6.45, 7) is 0. The van der Waals surface area contributed by atoms with Crippen LogP contribution in [0.15, 0.2) is 0 Å². The van der Waals surface area contributed by atoms with E-state index >= 15 is 0 Å². The van der Waals surface area contributed by atoms with E-state index in [1.807, 2.05) is 0 Å². The monoisotopic (exact) mass is 219 g/mol. The van der Waals surface area contributed by atoms with Crippen molar-refractivity contribution in [1.29, 1.82) is 0 Å². The van der Waals surface area contributed by atoms with Gasteiger partial charge in [-0.25, -0.2) is 8.42 Å². The van der Waals surface area contributed by atoms with Gasteiger partial charge in [0.05, 0.1) is 0 Å². The van der Waals surface area contributed by atoms with Crippen molar-refractivity contribution in [3.05, 3.63) is 0 Å². The van der Waals surface area contributed by atoms with Crippen LogP contribution in [0.25, 0.3) is 0 Å². The van der Waals surface area contributed by atoms with Gasteiger partial charge in [0, 0.05) is 12.3 Å². The van der Waals surface area contributed by atoms with E-state index in [4.69, 9.17) is 0 Å². The topological polar surface area (TPSA) is 63.2 Å². The Labute approximate surface area is 85.0 Å². The highest BCUT2D eigenvalue weighted by Crippen LogP contribution is 2.17. The maximum absolute atomic E-state index is 11.2. The Morgan fingerprint density at radius 2 is 1.86 bits per heavy atom.